The van der Waals surface area contributed by atoms with E-state index in [0.717, 1.165) is 34.1 Å². The van der Waals surface area contributed by atoms with Crippen LogP contribution in [0.4, 0.5) is 5.13 Å². The predicted molar refractivity (Wildman–Crippen MR) is 92.5 cm³/mol. The fourth-order valence-electron chi connectivity index (χ4n) is 4.07. The van der Waals surface area contributed by atoms with E-state index in [1.165, 1.54) is 25.9 Å². The van der Waals surface area contributed by atoms with Crippen LogP contribution in [0.2, 0.25) is 5.02 Å². The maximum absolute atomic E-state index is 6.03. The highest BCUT2D eigenvalue weighted by Gasteiger charge is 2.52. The highest BCUT2D eigenvalue weighted by Crippen LogP contribution is 2.42. The maximum Gasteiger partial charge on any atom is 0.211 e. The number of piperidine rings is 3. The summed E-state index contributed by atoms with van der Waals surface area (Å²) in [5.74, 6) is 1.53. The topological polar surface area (TPSA) is 49.8 Å². The maximum atomic E-state index is 6.03. The molecule has 0 saturated carbocycles. The van der Waals surface area contributed by atoms with Gasteiger partial charge in [-0.2, -0.15) is 0 Å². The van der Waals surface area contributed by atoms with Gasteiger partial charge in [-0.15, -0.1) is 0 Å². The van der Waals surface area contributed by atoms with E-state index < -0.39 is 0 Å². The standard InChI is InChI=1S/C16H17ClN4OS/c17-11-1-2-13-12(7-11)18-15(23-13)19-14-8-16(22-20-14)9-21-5-3-10(16)4-6-21/h1-2,7,10H,3-6,8-9H2,(H,18,19,20)/t16-/m0/s1. The molecule has 1 atom stereocenters. The van der Waals surface area contributed by atoms with Crippen molar-refractivity contribution >= 4 is 44.1 Å². The molecule has 6 rings (SSSR count). The van der Waals surface area contributed by atoms with Crippen molar-refractivity contribution < 1.29 is 4.84 Å². The molecule has 1 aromatic carbocycles. The number of aliphatic imine (C=N–C) groups is 1. The predicted octanol–water partition coefficient (Wildman–Crippen LogP) is 3.37. The van der Waals surface area contributed by atoms with Crippen molar-refractivity contribution in [1.82, 2.24) is 15.4 Å². The first kappa shape index (κ1) is 14.2. The van der Waals surface area contributed by atoms with Crippen LogP contribution in [0.5, 0.6) is 0 Å². The quantitative estimate of drug-likeness (QED) is 0.858. The summed E-state index contributed by atoms with van der Waals surface area (Å²) in [6, 6.07) is 5.76. The normalized spacial score (nSPS) is 34.6. The first-order valence-electron chi connectivity index (χ1n) is 8.00. The zero-order valence-corrected chi connectivity index (χ0v) is 14.2. The number of aromatic nitrogens is 1. The number of amidine groups is 1. The van der Waals surface area contributed by atoms with Gasteiger partial charge in [0.15, 0.2) is 0 Å². The van der Waals surface area contributed by atoms with E-state index in [1.807, 2.05) is 18.2 Å². The van der Waals surface area contributed by atoms with Crippen LogP contribution >= 0.6 is 22.9 Å². The van der Waals surface area contributed by atoms with Crippen molar-refractivity contribution in [2.75, 3.05) is 19.6 Å². The third kappa shape index (κ3) is 2.36. The van der Waals surface area contributed by atoms with E-state index in [-0.39, 0.29) is 5.60 Å². The molecule has 0 amide bonds. The summed E-state index contributed by atoms with van der Waals surface area (Å²) in [5, 5.41) is 1.46. The second-order valence-corrected chi connectivity index (χ2v) is 8.11. The highest BCUT2D eigenvalue weighted by molar-refractivity contribution is 7.22. The molecule has 0 aliphatic carbocycles. The molecule has 5 heterocycles. The van der Waals surface area contributed by atoms with Gasteiger partial charge in [0.1, 0.15) is 11.4 Å². The average molecular weight is 349 g/mol. The molecule has 120 valence electrons. The smallest absolute Gasteiger partial charge is 0.211 e. The second-order valence-electron chi connectivity index (χ2n) is 6.66. The summed E-state index contributed by atoms with van der Waals surface area (Å²) < 4.78 is 1.10. The van der Waals surface area contributed by atoms with E-state index >= 15 is 0 Å². The molecule has 0 radical (unpaired) electrons. The molecule has 2 bridgehead atoms. The van der Waals surface area contributed by atoms with E-state index in [2.05, 4.69) is 20.4 Å². The zero-order valence-electron chi connectivity index (χ0n) is 12.6. The Morgan fingerprint density at radius 1 is 1.39 bits per heavy atom. The first-order chi connectivity index (χ1) is 11.2. The number of hydrogen-bond acceptors (Lipinski definition) is 5. The van der Waals surface area contributed by atoms with Crippen LogP contribution in [0.15, 0.2) is 23.2 Å². The minimum atomic E-state index is -0.0880. The Morgan fingerprint density at radius 3 is 3.04 bits per heavy atom. The van der Waals surface area contributed by atoms with E-state index in [0.29, 0.717) is 10.9 Å². The molecule has 2 aromatic rings. The van der Waals surface area contributed by atoms with Gasteiger partial charge in [-0.25, -0.2) is 9.98 Å². The van der Waals surface area contributed by atoms with Gasteiger partial charge >= 0.3 is 0 Å². The molecule has 4 saturated heterocycles. The number of rotatable bonds is 1. The molecule has 0 unspecified atom stereocenters. The van der Waals surface area contributed by atoms with Gasteiger partial charge in [0, 0.05) is 18.0 Å². The lowest BCUT2D eigenvalue weighted by Gasteiger charge is -2.49. The van der Waals surface area contributed by atoms with Gasteiger partial charge in [-0.3, -0.25) is 10.3 Å². The van der Waals surface area contributed by atoms with Gasteiger partial charge in [-0.05, 0) is 50.0 Å². The molecule has 4 aliphatic rings. The molecular weight excluding hydrogens is 332 g/mol. The van der Waals surface area contributed by atoms with Crippen molar-refractivity contribution in [2.45, 2.75) is 24.9 Å². The van der Waals surface area contributed by atoms with Gasteiger partial charge in [0.05, 0.1) is 10.2 Å². The van der Waals surface area contributed by atoms with Crippen molar-refractivity contribution in [3.63, 3.8) is 0 Å². The largest absolute Gasteiger partial charge is 0.300 e. The van der Waals surface area contributed by atoms with Gasteiger partial charge in [-0.1, -0.05) is 22.9 Å². The Hall–Kier alpha value is -1.21. The lowest BCUT2D eigenvalue weighted by Crippen LogP contribution is -2.59. The number of nitrogens with zero attached hydrogens (tertiary/aromatic N) is 3. The number of thiazole rings is 1. The number of fused-ring (bicyclic) bond motifs is 3. The SMILES string of the molecule is Clc1ccc2sc(N=C3C[C@@]4(CN5CCC4CC5)ON3)nc2c1. The Bertz CT molecular complexity index is 798. The lowest BCUT2D eigenvalue weighted by atomic mass is 9.74. The average Bonchev–Trinajstić information content (AvgIpc) is 3.12. The van der Waals surface area contributed by atoms with Crippen molar-refractivity contribution in [3.8, 4) is 0 Å². The minimum Gasteiger partial charge on any atom is -0.300 e. The first-order valence-corrected chi connectivity index (χ1v) is 9.20. The summed E-state index contributed by atoms with van der Waals surface area (Å²) >= 11 is 7.60. The van der Waals surface area contributed by atoms with Crippen LogP contribution in [0, 0.1) is 5.92 Å². The van der Waals surface area contributed by atoms with Crippen LogP contribution in [0.3, 0.4) is 0 Å². The molecule has 7 heteroatoms. The Balaban J connectivity index is 1.42. The zero-order chi connectivity index (χ0) is 15.4. The van der Waals surface area contributed by atoms with Gasteiger partial charge in [0.2, 0.25) is 5.13 Å². The van der Waals surface area contributed by atoms with E-state index in [9.17, 15) is 0 Å². The molecular formula is C16H17ClN4OS. The molecule has 23 heavy (non-hydrogen) atoms. The van der Waals surface area contributed by atoms with Crippen LogP contribution in [0.1, 0.15) is 19.3 Å². The Labute approximate surface area is 143 Å². The van der Waals surface area contributed by atoms with E-state index in [4.69, 9.17) is 16.4 Å². The van der Waals surface area contributed by atoms with Crippen LogP contribution in [-0.2, 0) is 4.84 Å². The van der Waals surface area contributed by atoms with Crippen molar-refractivity contribution in [2.24, 2.45) is 10.9 Å². The number of hydroxylamine groups is 1. The highest BCUT2D eigenvalue weighted by atomic mass is 35.5. The number of nitrogens with one attached hydrogen (secondary N) is 1. The fourth-order valence-corrected chi connectivity index (χ4v) is 5.08. The van der Waals surface area contributed by atoms with Crippen LogP contribution in [-0.4, -0.2) is 41.0 Å². The van der Waals surface area contributed by atoms with Crippen LogP contribution < -0.4 is 5.48 Å². The fraction of sp³-hybridized carbons (Fsp3) is 0.500. The summed E-state index contributed by atoms with van der Waals surface area (Å²) in [6.45, 7) is 3.43. The van der Waals surface area contributed by atoms with E-state index in [1.54, 1.807) is 11.3 Å². The third-order valence-electron chi connectivity index (χ3n) is 5.23. The second kappa shape index (κ2) is 5.14. The Morgan fingerprint density at radius 2 is 2.26 bits per heavy atom. The lowest BCUT2D eigenvalue weighted by molar-refractivity contribution is -0.150. The van der Waals surface area contributed by atoms with Gasteiger partial charge in [0.25, 0.3) is 0 Å². The summed E-state index contributed by atoms with van der Waals surface area (Å²) in [6.07, 6.45) is 3.31. The monoisotopic (exact) mass is 348 g/mol. The Kier molecular flexibility index (Phi) is 3.17. The summed E-state index contributed by atoms with van der Waals surface area (Å²) in [7, 11) is 0. The molecule has 4 fully saturated rings. The molecule has 4 aliphatic heterocycles. The number of halogens is 1. The molecule has 1 aromatic heterocycles. The third-order valence-corrected chi connectivity index (χ3v) is 6.40. The molecule has 5 nitrogen and oxygen atoms in total. The molecule has 1 N–H and O–H groups in total. The summed E-state index contributed by atoms with van der Waals surface area (Å²) in [5.41, 5.74) is 3.88. The minimum absolute atomic E-state index is 0.0880. The van der Waals surface area contributed by atoms with Gasteiger partial charge < -0.3 is 4.90 Å². The summed E-state index contributed by atoms with van der Waals surface area (Å²) in [4.78, 5) is 17.8. The number of benzene rings is 1. The van der Waals surface area contributed by atoms with Crippen LogP contribution in [0.25, 0.3) is 10.2 Å². The number of hydrogen-bond donors (Lipinski definition) is 1. The molecule has 1 spiro atoms. The van der Waals surface area contributed by atoms with Crippen molar-refractivity contribution in [1.29, 1.82) is 0 Å². The van der Waals surface area contributed by atoms with Crippen molar-refractivity contribution in [3.05, 3.63) is 23.2 Å².